The van der Waals surface area contributed by atoms with Crippen LogP contribution in [-0.4, -0.2) is 28.6 Å². The first-order chi connectivity index (χ1) is 8.38. The quantitative estimate of drug-likeness (QED) is 0.825. The zero-order valence-electron chi connectivity index (χ0n) is 11.4. The van der Waals surface area contributed by atoms with Crippen molar-refractivity contribution in [3.8, 4) is 0 Å². The van der Waals surface area contributed by atoms with Gasteiger partial charge in [0.25, 0.3) is 0 Å². The Morgan fingerprint density at radius 1 is 1.50 bits per heavy atom. The number of pyridine rings is 1. The van der Waals surface area contributed by atoms with E-state index < -0.39 is 5.60 Å². The zero-order chi connectivity index (χ0) is 13.6. The van der Waals surface area contributed by atoms with Crippen molar-refractivity contribution in [3.05, 3.63) is 42.4 Å². The molecule has 1 heterocycles. The molecule has 0 fully saturated rings. The molecule has 1 aromatic heterocycles. The van der Waals surface area contributed by atoms with Gasteiger partial charge in [-0.2, -0.15) is 0 Å². The number of allylic oxidation sites excluding steroid dienone is 1. The zero-order valence-corrected chi connectivity index (χ0v) is 11.4. The SMILES string of the molecule is CN(/C=C/Cc1cccnc1)C(=O)OC(C)(C)C. The van der Waals surface area contributed by atoms with Gasteiger partial charge in [-0.05, 0) is 38.8 Å². The van der Waals surface area contributed by atoms with Gasteiger partial charge in [0.1, 0.15) is 5.60 Å². The molecule has 98 valence electrons. The summed E-state index contributed by atoms with van der Waals surface area (Å²) in [7, 11) is 1.67. The summed E-state index contributed by atoms with van der Waals surface area (Å²) in [6, 6.07) is 3.88. The number of carbonyl (C=O) groups is 1. The van der Waals surface area contributed by atoms with Crippen LogP contribution in [0, 0.1) is 0 Å². The van der Waals surface area contributed by atoms with Gasteiger partial charge in [0.2, 0.25) is 0 Å². The molecule has 1 amide bonds. The first kappa shape index (κ1) is 14.2. The highest BCUT2D eigenvalue weighted by Gasteiger charge is 2.17. The van der Waals surface area contributed by atoms with Gasteiger partial charge in [-0.15, -0.1) is 0 Å². The maximum Gasteiger partial charge on any atom is 0.414 e. The molecule has 0 unspecified atom stereocenters. The average Bonchev–Trinajstić information content (AvgIpc) is 2.28. The first-order valence-electron chi connectivity index (χ1n) is 5.90. The van der Waals surface area contributed by atoms with Crippen molar-refractivity contribution in [3.63, 3.8) is 0 Å². The molecule has 4 heteroatoms. The Morgan fingerprint density at radius 3 is 2.78 bits per heavy atom. The molecule has 0 saturated heterocycles. The number of amides is 1. The Bertz CT molecular complexity index is 408. The van der Waals surface area contributed by atoms with Crippen molar-refractivity contribution in [2.24, 2.45) is 0 Å². The fourth-order valence-corrected chi connectivity index (χ4v) is 1.26. The fourth-order valence-electron chi connectivity index (χ4n) is 1.26. The van der Waals surface area contributed by atoms with Gasteiger partial charge in [-0.1, -0.05) is 12.1 Å². The normalized spacial score (nSPS) is 11.6. The van der Waals surface area contributed by atoms with Crippen molar-refractivity contribution in [1.29, 1.82) is 0 Å². The summed E-state index contributed by atoms with van der Waals surface area (Å²) >= 11 is 0. The molecule has 0 saturated carbocycles. The predicted octanol–water partition coefficient (Wildman–Crippen LogP) is 3.00. The summed E-state index contributed by atoms with van der Waals surface area (Å²) in [6.45, 7) is 5.54. The molecular weight excluding hydrogens is 228 g/mol. The molecule has 0 radical (unpaired) electrons. The van der Waals surface area contributed by atoms with Gasteiger partial charge in [-0.25, -0.2) is 4.79 Å². The number of carbonyl (C=O) groups excluding carboxylic acids is 1. The summed E-state index contributed by atoms with van der Waals surface area (Å²) in [5.74, 6) is 0. The fraction of sp³-hybridized carbons (Fsp3) is 0.429. The minimum Gasteiger partial charge on any atom is -0.443 e. The molecule has 0 aliphatic heterocycles. The van der Waals surface area contributed by atoms with Gasteiger partial charge in [-0.3, -0.25) is 9.88 Å². The smallest absolute Gasteiger partial charge is 0.414 e. The molecule has 0 spiro atoms. The lowest BCUT2D eigenvalue weighted by Crippen LogP contribution is -2.31. The summed E-state index contributed by atoms with van der Waals surface area (Å²) in [5, 5.41) is 0. The highest BCUT2D eigenvalue weighted by molar-refractivity contribution is 5.68. The third-order valence-corrected chi connectivity index (χ3v) is 2.09. The maximum atomic E-state index is 11.6. The summed E-state index contributed by atoms with van der Waals surface area (Å²) in [4.78, 5) is 17.1. The van der Waals surface area contributed by atoms with Gasteiger partial charge in [0.15, 0.2) is 0 Å². The van der Waals surface area contributed by atoms with Crippen molar-refractivity contribution in [2.45, 2.75) is 32.8 Å². The number of rotatable bonds is 3. The van der Waals surface area contributed by atoms with Crippen LogP contribution in [0.5, 0.6) is 0 Å². The molecule has 4 nitrogen and oxygen atoms in total. The minimum absolute atomic E-state index is 0.357. The third kappa shape index (κ3) is 5.48. The maximum absolute atomic E-state index is 11.6. The third-order valence-electron chi connectivity index (χ3n) is 2.09. The molecule has 0 aliphatic carbocycles. The predicted molar refractivity (Wildman–Crippen MR) is 71.1 cm³/mol. The monoisotopic (exact) mass is 248 g/mol. The van der Waals surface area contributed by atoms with E-state index in [4.69, 9.17) is 4.74 Å². The Labute approximate surface area is 108 Å². The van der Waals surface area contributed by atoms with E-state index in [0.29, 0.717) is 0 Å². The van der Waals surface area contributed by atoms with E-state index in [1.165, 1.54) is 4.90 Å². The largest absolute Gasteiger partial charge is 0.443 e. The van der Waals surface area contributed by atoms with Crippen LogP contribution in [-0.2, 0) is 11.2 Å². The van der Waals surface area contributed by atoms with Gasteiger partial charge < -0.3 is 4.74 Å². The highest BCUT2D eigenvalue weighted by atomic mass is 16.6. The van der Waals surface area contributed by atoms with Crippen LogP contribution in [0.25, 0.3) is 0 Å². The molecular formula is C14H20N2O2. The van der Waals surface area contributed by atoms with Crippen LogP contribution in [0.4, 0.5) is 4.79 Å². The standard InChI is InChI=1S/C14H20N2O2/c1-14(2,3)18-13(17)16(4)10-6-8-12-7-5-9-15-11-12/h5-7,9-11H,8H2,1-4H3/b10-6+. The number of hydrogen-bond acceptors (Lipinski definition) is 3. The van der Waals surface area contributed by atoms with Crippen molar-refractivity contribution in [2.75, 3.05) is 7.05 Å². The average molecular weight is 248 g/mol. The minimum atomic E-state index is -0.470. The van der Waals surface area contributed by atoms with E-state index in [-0.39, 0.29) is 6.09 Å². The molecule has 0 aliphatic rings. The molecule has 0 N–H and O–H groups in total. The van der Waals surface area contributed by atoms with Gasteiger partial charge in [0.05, 0.1) is 0 Å². The summed E-state index contributed by atoms with van der Waals surface area (Å²) in [5.41, 5.74) is 0.633. The number of aromatic nitrogens is 1. The second kappa shape index (κ2) is 6.19. The molecule has 0 bridgehead atoms. The Morgan fingerprint density at radius 2 is 2.22 bits per heavy atom. The Balaban J connectivity index is 2.45. The van der Waals surface area contributed by atoms with E-state index in [0.717, 1.165) is 12.0 Å². The van der Waals surface area contributed by atoms with Gasteiger partial charge in [0, 0.05) is 25.6 Å². The molecule has 18 heavy (non-hydrogen) atoms. The van der Waals surface area contributed by atoms with Crippen molar-refractivity contribution in [1.82, 2.24) is 9.88 Å². The molecule has 1 rings (SSSR count). The topological polar surface area (TPSA) is 42.4 Å². The lowest BCUT2D eigenvalue weighted by molar-refractivity contribution is 0.0372. The van der Waals surface area contributed by atoms with E-state index in [9.17, 15) is 4.79 Å². The molecule has 0 aromatic carbocycles. The summed E-state index contributed by atoms with van der Waals surface area (Å²) < 4.78 is 5.23. The number of ether oxygens (including phenoxy) is 1. The van der Waals surface area contributed by atoms with Crippen LogP contribution in [0.1, 0.15) is 26.3 Å². The first-order valence-corrected chi connectivity index (χ1v) is 5.90. The van der Waals surface area contributed by atoms with E-state index in [2.05, 4.69) is 4.98 Å². The van der Waals surface area contributed by atoms with Crippen molar-refractivity contribution >= 4 is 6.09 Å². The Kier molecular flexibility index (Phi) is 4.89. The second-order valence-electron chi connectivity index (χ2n) is 5.04. The highest BCUT2D eigenvalue weighted by Crippen LogP contribution is 2.09. The van der Waals surface area contributed by atoms with E-state index in [1.807, 2.05) is 39.0 Å². The van der Waals surface area contributed by atoms with Gasteiger partial charge >= 0.3 is 6.09 Å². The summed E-state index contributed by atoms with van der Waals surface area (Å²) in [6.07, 6.45) is 7.53. The van der Waals surface area contributed by atoms with Crippen LogP contribution in [0.2, 0.25) is 0 Å². The second-order valence-corrected chi connectivity index (χ2v) is 5.04. The molecule has 1 aromatic rings. The number of hydrogen-bond donors (Lipinski definition) is 0. The lowest BCUT2D eigenvalue weighted by Gasteiger charge is -2.22. The van der Waals surface area contributed by atoms with Crippen LogP contribution in [0.3, 0.4) is 0 Å². The lowest BCUT2D eigenvalue weighted by atomic mass is 10.2. The van der Waals surface area contributed by atoms with E-state index in [1.54, 1.807) is 25.6 Å². The number of nitrogens with zero attached hydrogens (tertiary/aromatic N) is 2. The Hall–Kier alpha value is -1.84. The van der Waals surface area contributed by atoms with Crippen molar-refractivity contribution < 1.29 is 9.53 Å². The van der Waals surface area contributed by atoms with Crippen LogP contribution < -0.4 is 0 Å². The molecule has 0 atom stereocenters. The van der Waals surface area contributed by atoms with Crippen LogP contribution >= 0.6 is 0 Å². The van der Waals surface area contributed by atoms with E-state index >= 15 is 0 Å². The van der Waals surface area contributed by atoms with Crippen LogP contribution in [0.15, 0.2) is 36.8 Å².